The molecule has 0 aliphatic carbocycles. The topological polar surface area (TPSA) is 92.5 Å². The van der Waals surface area contributed by atoms with Gasteiger partial charge in [-0.05, 0) is 6.07 Å². The van der Waals surface area contributed by atoms with E-state index in [0.717, 1.165) is 0 Å². The molecule has 0 aliphatic heterocycles. The van der Waals surface area contributed by atoms with Gasteiger partial charge in [-0.25, -0.2) is 4.39 Å². The number of anilines is 1. The second-order valence-corrected chi connectivity index (χ2v) is 2.99. The summed E-state index contributed by atoms with van der Waals surface area (Å²) < 4.78 is 13.0. The van der Waals surface area contributed by atoms with Crippen LogP contribution < -0.4 is 11.5 Å². The molecule has 0 bridgehead atoms. The van der Waals surface area contributed by atoms with Crippen LogP contribution in [0.1, 0.15) is 11.7 Å². The fourth-order valence-corrected chi connectivity index (χ4v) is 1.15. The summed E-state index contributed by atoms with van der Waals surface area (Å²) >= 11 is 0. The molecule has 78 valence electrons. The number of nitrogens with two attached hydrogens (primary N) is 2. The number of para-hydroxylation sites is 1. The predicted octanol–water partition coefficient (Wildman–Crippen LogP) is -0.239. The Labute approximate surface area is 81.0 Å². The van der Waals surface area contributed by atoms with Gasteiger partial charge < -0.3 is 21.7 Å². The highest BCUT2D eigenvalue weighted by atomic mass is 19.1. The molecule has 0 aliphatic rings. The van der Waals surface area contributed by atoms with E-state index in [1.807, 2.05) is 0 Å². The number of aliphatic hydroxyl groups is 2. The van der Waals surface area contributed by atoms with Crippen LogP contribution in [-0.4, -0.2) is 22.9 Å². The van der Waals surface area contributed by atoms with Crippen molar-refractivity contribution >= 4 is 5.69 Å². The third-order valence-electron chi connectivity index (χ3n) is 2.01. The van der Waals surface area contributed by atoms with E-state index in [1.165, 1.54) is 18.2 Å². The maximum Gasteiger partial charge on any atom is 0.146 e. The van der Waals surface area contributed by atoms with Crippen LogP contribution in [0.15, 0.2) is 18.2 Å². The van der Waals surface area contributed by atoms with E-state index >= 15 is 0 Å². The normalized spacial score (nSPS) is 15.1. The summed E-state index contributed by atoms with van der Waals surface area (Å²) in [6, 6.07) is 4.04. The number of halogens is 1. The minimum atomic E-state index is -1.25. The van der Waals surface area contributed by atoms with Gasteiger partial charge in [0.05, 0.1) is 11.8 Å². The Morgan fingerprint density at radius 1 is 1.36 bits per heavy atom. The maximum atomic E-state index is 13.0. The summed E-state index contributed by atoms with van der Waals surface area (Å²) in [4.78, 5) is 0. The van der Waals surface area contributed by atoms with E-state index in [1.54, 1.807) is 0 Å². The third-order valence-corrected chi connectivity index (χ3v) is 2.01. The molecule has 1 rings (SSSR count). The van der Waals surface area contributed by atoms with Crippen molar-refractivity contribution in [1.82, 2.24) is 0 Å². The molecule has 0 saturated carbocycles. The molecule has 0 amide bonds. The molecule has 2 unspecified atom stereocenters. The van der Waals surface area contributed by atoms with Crippen molar-refractivity contribution in [2.24, 2.45) is 5.73 Å². The van der Waals surface area contributed by atoms with E-state index in [2.05, 4.69) is 0 Å². The van der Waals surface area contributed by atoms with Gasteiger partial charge in [0.15, 0.2) is 0 Å². The van der Waals surface area contributed by atoms with Gasteiger partial charge in [0.1, 0.15) is 11.9 Å². The van der Waals surface area contributed by atoms with Gasteiger partial charge in [-0.15, -0.1) is 0 Å². The largest absolute Gasteiger partial charge is 0.396 e. The lowest BCUT2D eigenvalue weighted by molar-refractivity contribution is 0.0246. The van der Waals surface area contributed by atoms with E-state index in [9.17, 15) is 14.6 Å². The standard InChI is InChI=1S/C9H13FN2O2/c10-6-3-1-2-5(8(6)12)9(14)7(13)4-11/h1-3,7,9,13-14H,4,11-12H2. The molecule has 5 heteroatoms. The Morgan fingerprint density at radius 2 is 2.00 bits per heavy atom. The van der Waals surface area contributed by atoms with Crippen molar-refractivity contribution < 1.29 is 14.6 Å². The van der Waals surface area contributed by atoms with Crippen LogP contribution in [0.5, 0.6) is 0 Å². The minimum absolute atomic E-state index is 0.114. The highest BCUT2D eigenvalue weighted by Crippen LogP contribution is 2.24. The highest BCUT2D eigenvalue weighted by Gasteiger charge is 2.20. The van der Waals surface area contributed by atoms with Gasteiger partial charge in [-0.2, -0.15) is 0 Å². The van der Waals surface area contributed by atoms with Crippen LogP contribution >= 0.6 is 0 Å². The average Bonchev–Trinajstić information content (AvgIpc) is 2.20. The number of rotatable bonds is 3. The fraction of sp³-hybridized carbons (Fsp3) is 0.333. The van der Waals surface area contributed by atoms with Crippen LogP contribution in [0.4, 0.5) is 10.1 Å². The van der Waals surface area contributed by atoms with Gasteiger partial charge in [0.25, 0.3) is 0 Å². The molecule has 6 N–H and O–H groups in total. The van der Waals surface area contributed by atoms with Crippen LogP contribution in [0, 0.1) is 5.82 Å². The molecule has 4 nitrogen and oxygen atoms in total. The van der Waals surface area contributed by atoms with Crippen molar-refractivity contribution in [3.63, 3.8) is 0 Å². The molecule has 0 heterocycles. The lowest BCUT2D eigenvalue weighted by Crippen LogP contribution is -2.27. The SMILES string of the molecule is NCC(O)C(O)c1cccc(F)c1N. The quantitative estimate of drug-likeness (QED) is 0.507. The van der Waals surface area contributed by atoms with E-state index in [-0.39, 0.29) is 17.8 Å². The molecule has 0 radical (unpaired) electrons. The number of hydrogen-bond acceptors (Lipinski definition) is 4. The molecule has 0 fully saturated rings. The molecule has 1 aromatic carbocycles. The Bertz CT molecular complexity index is 320. The molecule has 0 saturated heterocycles. The second kappa shape index (κ2) is 4.36. The summed E-state index contributed by atoms with van der Waals surface area (Å²) in [5.74, 6) is -0.620. The first-order valence-corrected chi connectivity index (χ1v) is 4.18. The third kappa shape index (κ3) is 2.01. The molecule has 0 spiro atoms. The van der Waals surface area contributed by atoms with Crippen LogP contribution in [0.25, 0.3) is 0 Å². The van der Waals surface area contributed by atoms with Gasteiger partial charge in [0.2, 0.25) is 0 Å². The molecule has 0 aromatic heterocycles. The Kier molecular flexibility index (Phi) is 3.40. The summed E-state index contributed by atoms with van der Waals surface area (Å²) in [5, 5.41) is 18.8. The Hall–Kier alpha value is -1.17. The smallest absolute Gasteiger partial charge is 0.146 e. The van der Waals surface area contributed by atoms with Crippen LogP contribution in [0.2, 0.25) is 0 Å². The molecular weight excluding hydrogens is 187 g/mol. The monoisotopic (exact) mass is 200 g/mol. The van der Waals surface area contributed by atoms with Gasteiger partial charge in [0, 0.05) is 12.1 Å². The summed E-state index contributed by atoms with van der Waals surface area (Å²) in [6.07, 6.45) is -2.39. The van der Waals surface area contributed by atoms with Crippen molar-refractivity contribution in [2.45, 2.75) is 12.2 Å². The van der Waals surface area contributed by atoms with Crippen molar-refractivity contribution in [1.29, 1.82) is 0 Å². The zero-order valence-electron chi connectivity index (χ0n) is 7.52. The lowest BCUT2D eigenvalue weighted by Gasteiger charge is -2.18. The lowest BCUT2D eigenvalue weighted by atomic mass is 10.0. The molecule has 2 atom stereocenters. The van der Waals surface area contributed by atoms with E-state index in [0.29, 0.717) is 0 Å². The van der Waals surface area contributed by atoms with Gasteiger partial charge in [-0.3, -0.25) is 0 Å². The summed E-state index contributed by atoms with van der Waals surface area (Å²) in [6.45, 7) is -0.114. The predicted molar refractivity (Wildman–Crippen MR) is 50.8 cm³/mol. The number of benzene rings is 1. The first-order chi connectivity index (χ1) is 6.57. The van der Waals surface area contributed by atoms with Gasteiger partial charge in [-0.1, -0.05) is 12.1 Å². The first kappa shape index (κ1) is 10.9. The second-order valence-electron chi connectivity index (χ2n) is 2.99. The van der Waals surface area contributed by atoms with Crippen LogP contribution in [0.3, 0.4) is 0 Å². The molecule has 1 aromatic rings. The first-order valence-electron chi connectivity index (χ1n) is 4.18. The van der Waals surface area contributed by atoms with E-state index < -0.39 is 18.0 Å². The van der Waals surface area contributed by atoms with Crippen molar-refractivity contribution in [2.75, 3.05) is 12.3 Å². The summed E-state index contributed by atoms with van der Waals surface area (Å²) in [5.41, 5.74) is 10.5. The zero-order valence-corrected chi connectivity index (χ0v) is 7.52. The van der Waals surface area contributed by atoms with Crippen molar-refractivity contribution in [3.05, 3.63) is 29.6 Å². The number of hydrogen-bond donors (Lipinski definition) is 4. The molecular formula is C9H13FN2O2. The van der Waals surface area contributed by atoms with Crippen molar-refractivity contribution in [3.8, 4) is 0 Å². The molecule has 14 heavy (non-hydrogen) atoms. The Morgan fingerprint density at radius 3 is 2.57 bits per heavy atom. The zero-order chi connectivity index (χ0) is 10.7. The van der Waals surface area contributed by atoms with E-state index in [4.69, 9.17) is 11.5 Å². The maximum absolute atomic E-state index is 13.0. The highest BCUT2D eigenvalue weighted by molar-refractivity contribution is 5.49. The average molecular weight is 200 g/mol. The van der Waals surface area contributed by atoms with Gasteiger partial charge >= 0.3 is 0 Å². The summed E-state index contributed by atoms with van der Waals surface area (Å²) in [7, 11) is 0. The number of aliphatic hydroxyl groups excluding tert-OH is 2. The Balaban J connectivity index is 3.01. The van der Waals surface area contributed by atoms with Crippen LogP contribution in [-0.2, 0) is 0 Å². The minimum Gasteiger partial charge on any atom is -0.396 e. The fourth-order valence-electron chi connectivity index (χ4n) is 1.15. The number of nitrogen functional groups attached to an aromatic ring is 1.